The first kappa shape index (κ1) is 22.5. The minimum atomic E-state index is -3.98. The highest BCUT2D eigenvalue weighted by Crippen LogP contribution is 2.29. The number of halogens is 1. The van der Waals surface area contributed by atoms with Gasteiger partial charge in [0.15, 0.2) is 31.2 Å². The van der Waals surface area contributed by atoms with Crippen LogP contribution in [0.2, 0.25) is 0 Å². The molecule has 0 saturated carbocycles. The molecule has 7 nitrogen and oxygen atoms in total. The zero-order valence-corrected chi connectivity index (χ0v) is 18.5. The van der Waals surface area contributed by atoms with Gasteiger partial charge in [0.25, 0.3) is 0 Å². The van der Waals surface area contributed by atoms with Gasteiger partial charge in [0.1, 0.15) is 5.82 Å². The summed E-state index contributed by atoms with van der Waals surface area (Å²) in [5.74, 6) is -0.213. The van der Waals surface area contributed by atoms with E-state index in [0.717, 1.165) is 11.6 Å². The minimum Gasteiger partial charge on any atom is -0.493 e. The van der Waals surface area contributed by atoms with Crippen molar-refractivity contribution in [1.29, 1.82) is 0 Å². The summed E-state index contributed by atoms with van der Waals surface area (Å²) >= 11 is 0. The first-order chi connectivity index (χ1) is 14.1. The van der Waals surface area contributed by atoms with Crippen molar-refractivity contribution in [3.8, 4) is 11.5 Å². The summed E-state index contributed by atoms with van der Waals surface area (Å²) in [4.78, 5) is -0.0820. The highest BCUT2D eigenvalue weighted by atomic mass is 32.2. The highest BCUT2D eigenvalue weighted by Gasteiger charge is 2.45. The van der Waals surface area contributed by atoms with Crippen molar-refractivity contribution in [3.05, 3.63) is 53.3 Å². The molecule has 1 saturated heterocycles. The summed E-state index contributed by atoms with van der Waals surface area (Å²) in [7, 11) is -4.50. The molecule has 30 heavy (non-hydrogen) atoms. The second-order valence-electron chi connectivity index (χ2n) is 7.25. The minimum absolute atomic E-state index is 0.0820. The van der Waals surface area contributed by atoms with Crippen LogP contribution in [0.1, 0.15) is 11.1 Å². The van der Waals surface area contributed by atoms with Gasteiger partial charge >= 0.3 is 0 Å². The third kappa shape index (κ3) is 4.60. The van der Waals surface area contributed by atoms with Gasteiger partial charge in [0, 0.05) is 12.6 Å². The second-order valence-corrected chi connectivity index (χ2v) is 11.6. The quantitative estimate of drug-likeness (QED) is 0.634. The average molecular weight is 458 g/mol. The Morgan fingerprint density at radius 2 is 1.77 bits per heavy atom. The summed E-state index contributed by atoms with van der Waals surface area (Å²) in [5.41, 5.74) is 0.970. The number of hydrogen-bond acceptors (Lipinski definition) is 7. The molecule has 2 aromatic rings. The summed E-state index contributed by atoms with van der Waals surface area (Å²) in [6.07, 6.45) is 0. The Morgan fingerprint density at radius 1 is 1.07 bits per heavy atom. The standard InChI is InChI=1S/C20H24FNO6S2/c1-13-8-15(5-6-16(13)21)30(25,26)20-12-29(23,24)11-17(20)22-10-14-4-7-18(27-2)19(9-14)28-3/h4-9,17,20,22H,10-12H2,1-3H3. The predicted molar refractivity (Wildman–Crippen MR) is 111 cm³/mol. The Morgan fingerprint density at radius 3 is 2.40 bits per heavy atom. The summed E-state index contributed by atoms with van der Waals surface area (Å²) in [5, 5.41) is 1.91. The van der Waals surface area contributed by atoms with E-state index in [2.05, 4.69) is 5.32 Å². The molecule has 0 radical (unpaired) electrons. The monoisotopic (exact) mass is 457 g/mol. The highest BCUT2D eigenvalue weighted by molar-refractivity contribution is 7.96. The van der Waals surface area contributed by atoms with Crippen LogP contribution in [0.3, 0.4) is 0 Å². The largest absolute Gasteiger partial charge is 0.493 e. The second kappa shape index (κ2) is 8.52. The van der Waals surface area contributed by atoms with Crippen LogP contribution < -0.4 is 14.8 Å². The van der Waals surface area contributed by atoms with Gasteiger partial charge in [-0.25, -0.2) is 21.2 Å². The Labute approximate surface area is 176 Å². The van der Waals surface area contributed by atoms with Crippen LogP contribution in [0, 0.1) is 12.7 Å². The van der Waals surface area contributed by atoms with Gasteiger partial charge in [-0.1, -0.05) is 6.07 Å². The van der Waals surface area contributed by atoms with Crippen LogP contribution >= 0.6 is 0 Å². The number of benzene rings is 2. The van der Waals surface area contributed by atoms with E-state index < -0.39 is 42.5 Å². The predicted octanol–water partition coefficient (Wildman–Crippen LogP) is 1.88. The van der Waals surface area contributed by atoms with Crippen molar-refractivity contribution >= 4 is 19.7 Å². The lowest BCUT2D eigenvalue weighted by molar-refractivity contribution is 0.354. The Hall–Kier alpha value is -2.17. The van der Waals surface area contributed by atoms with Crippen LogP contribution in [-0.2, 0) is 26.2 Å². The number of ether oxygens (including phenoxy) is 2. The molecular weight excluding hydrogens is 433 g/mol. The van der Waals surface area contributed by atoms with Crippen molar-refractivity contribution < 1.29 is 30.7 Å². The molecule has 2 aromatic carbocycles. The summed E-state index contributed by atoms with van der Waals surface area (Å²) in [6, 6.07) is 7.94. The van der Waals surface area contributed by atoms with Crippen molar-refractivity contribution in [1.82, 2.24) is 5.32 Å². The Bertz CT molecular complexity index is 1150. The van der Waals surface area contributed by atoms with Gasteiger partial charge in [0.2, 0.25) is 0 Å². The fourth-order valence-corrected chi connectivity index (χ4v) is 8.32. The third-order valence-corrected chi connectivity index (χ3v) is 9.32. The molecule has 1 heterocycles. The van der Waals surface area contributed by atoms with E-state index in [1.807, 2.05) is 0 Å². The lowest BCUT2D eigenvalue weighted by atomic mass is 10.1. The van der Waals surface area contributed by atoms with E-state index in [1.54, 1.807) is 18.2 Å². The van der Waals surface area contributed by atoms with Crippen molar-refractivity contribution in [3.63, 3.8) is 0 Å². The number of rotatable bonds is 7. The van der Waals surface area contributed by atoms with Gasteiger partial charge in [-0.2, -0.15) is 0 Å². The molecule has 3 rings (SSSR count). The first-order valence-corrected chi connectivity index (χ1v) is 12.6. The number of nitrogens with one attached hydrogen (secondary N) is 1. The van der Waals surface area contributed by atoms with E-state index >= 15 is 0 Å². The van der Waals surface area contributed by atoms with Gasteiger partial charge < -0.3 is 14.8 Å². The molecule has 0 bridgehead atoms. The number of hydrogen-bond donors (Lipinski definition) is 1. The van der Waals surface area contributed by atoms with Gasteiger partial charge in [-0.05, 0) is 48.4 Å². The zero-order valence-electron chi connectivity index (χ0n) is 16.9. The van der Waals surface area contributed by atoms with Crippen LogP contribution in [0.15, 0.2) is 41.3 Å². The van der Waals surface area contributed by atoms with Gasteiger partial charge in [0.05, 0.1) is 35.9 Å². The van der Waals surface area contributed by atoms with E-state index in [0.29, 0.717) is 11.5 Å². The van der Waals surface area contributed by atoms with Crippen LogP contribution in [0.4, 0.5) is 4.39 Å². The zero-order chi connectivity index (χ0) is 22.1. The molecule has 1 aliphatic heterocycles. The van der Waals surface area contributed by atoms with Crippen LogP contribution in [0.25, 0.3) is 0 Å². The first-order valence-electron chi connectivity index (χ1n) is 9.22. The molecule has 2 atom stereocenters. The van der Waals surface area contributed by atoms with E-state index in [1.165, 1.54) is 33.3 Å². The number of methoxy groups -OCH3 is 2. The lowest BCUT2D eigenvalue weighted by Gasteiger charge is -2.20. The smallest absolute Gasteiger partial charge is 0.183 e. The normalized spacial score (nSPS) is 20.8. The van der Waals surface area contributed by atoms with E-state index in [4.69, 9.17) is 9.47 Å². The molecule has 10 heteroatoms. The Kier molecular flexibility index (Phi) is 6.40. The summed E-state index contributed by atoms with van der Waals surface area (Å²) in [6.45, 7) is 1.71. The van der Waals surface area contributed by atoms with Crippen molar-refractivity contribution in [2.45, 2.75) is 29.7 Å². The van der Waals surface area contributed by atoms with Gasteiger partial charge in [-0.3, -0.25) is 0 Å². The maximum absolute atomic E-state index is 13.6. The maximum atomic E-state index is 13.6. The molecule has 1 N–H and O–H groups in total. The van der Waals surface area contributed by atoms with E-state index in [-0.39, 0.29) is 22.8 Å². The van der Waals surface area contributed by atoms with Gasteiger partial charge in [-0.15, -0.1) is 0 Å². The molecule has 0 amide bonds. The fraction of sp³-hybridized carbons (Fsp3) is 0.400. The van der Waals surface area contributed by atoms with Crippen LogP contribution in [0.5, 0.6) is 11.5 Å². The van der Waals surface area contributed by atoms with Crippen LogP contribution in [-0.4, -0.2) is 53.9 Å². The molecule has 0 spiro atoms. The lowest BCUT2D eigenvalue weighted by Crippen LogP contribution is -2.43. The topological polar surface area (TPSA) is 98.8 Å². The maximum Gasteiger partial charge on any atom is 0.183 e. The molecule has 0 aliphatic carbocycles. The summed E-state index contributed by atoms with van der Waals surface area (Å²) < 4.78 is 74.8. The van der Waals surface area contributed by atoms with E-state index in [9.17, 15) is 21.2 Å². The molecular formula is C20H24FNO6S2. The Balaban J connectivity index is 1.85. The number of aryl methyl sites for hydroxylation is 1. The molecule has 2 unspecified atom stereocenters. The SMILES string of the molecule is COc1ccc(CNC2CS(=O)(=O)CC2S(=O)(=O)c2ccc(F)c(C)c2)cc1OC. The molecule has 164 valence electrons. The third-order valence-electron chi connectivity index (χ3n) is 5.17. The average Bonchev–Trinajstić information content (AvgIpc) is 3.03. The van der Waals surface area contributed by atoms with Crippen molar-refractivity contribution in [2.75, 3.05) is 25.7 Å². The molecule has 1 aliphatic rings. The molecule has 0 aromatic heterocycles. The molecule has 1 fully saturated rings. The van der Waals surface area contributed by atoms with Crippen molar-refractivity contribution in [2.24, 2.45) is 0 Å². The number of sulfone groups is 2. The fourth-order valence-electron chi connectivity index (χ4n) is 3.52.